The molecule has 0 saturated carbocycles. The van der Waals surface area contributed by atoms with E-state index in [0.29, 0.717) is 22.9 Å². The molecule has 0 aromatic heterocycles. The highest BCUT2D eigenvalue weighted by molar-refractivity contribution is 6.31. The molecule has 0 bridgehead atoms. The summed E-state index contributed by atoms with van der Waals surface area (Å²) in [4.78, 5) is 12.3. The third-order valence-corrected chi connectivity index (χ3v) is 3.41. The predicted molar refractivity (Wildman–Crippen MR) is 86.5 cm³/mol. The molecule has 110 valence electrons. The molecule has 3 rings (SSSR count). The van der Waals surface area contributed by atoms with Crippen molar-refractivity contribution in [2.75, 3.05) is 6.61 Å². The van der Waals surface area contributed by atoms with Gasteiger partial charge in [-0.25, -0.2) is 0 Å². The number of fused-ring (bicyclic) bond motifs is 1. The molecule has 0 N–H and O–H groups in total. The molecular weight excluding hydrogens is 300 g/mol. The van der Waals surface area contributed by atoms with Gasteiger partial charge in [0.1, 0.15) is 18.1 Å². The SMILES string of the molecule is C=CCOc1ccc(/C=C2\Oc3ccc(Cl)cc3C2=O)cc1. The van der Waals surface area contributed by atoms with Crippen LogP contribution in [0.4, 0.5) is 0 Å². The normalized spacial score (nSPS) is 14.6. The Morgan fingerprint density at radius 3 is 2.68 bits per heavy atom. The summed E-state index contributed by atoms with van der Waals surface area (Å²) in [5.41, 5.74) is 1.35. The summed E-state index contributed by atoms with van der Waals surface area (Å²) < 4.78 is 11.0. The summed E-state index contributed by atoms with van der Waals surface area (Å²) in [6.45, 7) is 4.05. The van der Waals surface area contributed by atoms with Crippen molar-refractivity contribution in [1.29, 1.82) is 0 Å². The molecule has 0 aliphatic carbocycles. The molecule has 0 atom stereocenters. The van der Waals surface area contributed by atoms with Crippen LogP contribution in [0.25, 0.3) is 6.08 Å². The monoisotopic (exact) mass is 312 g/mol. The second-order valence-corrected chi connectivity index (χ2v) is 5.19. The van der Waals surface area contributed by atoms with Crippen LogP contribution in [0.15, 0.2) is 60.9 Å². The van der Waals surface area contributed by atoms with Crippen molar-refractivity contribution in [3.63, 3.8) is 0 Å². The summed E-state index contributed by atoms with van der Waals surface area (Å²) in [6, 6.07) is 12.4. The summed E-state index contributed by atoms with van der Waals surface area (Å²) in [6.07, 6.45) is 3.39. The second-order valence-electron chi connectivity index (χ2n) is 4.75. The molecule has 1 heterocycles. The highest BCUT2D eigenvalue weighted by Crippen LogP contribution is 2.33. The van der Waals surface area contributed by atoms with E-state index in [1.54, 1.807) is 30.4 Å². The molecule has 2 aromatic rings. The van der Waals surface area contributed by atoms with E-state index in [1.807, 2.05) is 24.3 Å². The van der Waals surface area contributed by atoms with Gasteiger partial charge in [0.05, 0.1) is 5.56 Å². The Morgan fingerprint density at radius 1 is 1.18 bits per heavy atom. The topological polar surface area (TPSA) is 35.5 Å². The molecule has 0 fully saturated rings. The van der Waals surface area contributed by atoms with E-state index in [4.69, 9.17) is 21.1 Å². The molecule has 1 aliphatic rings. The first-order chi connectivity index (χ1) is 10.7. The summed E-state index contributed by atoms with van der Waals surface area (Å²) >= 11 is 5.91. The number of benzene rings is 2. The van der Waals surface area contributed by atoms with Crippen LogP contribution in [0.2, 0.25) is 5.02 Å². The molecule has 4 heteroatoms. The van der Waals surface area contributed by atoms with Gasteiger partial charge in [-0.05, 0) is 42.0 Å². The quantitative estimate of drug-likeness (QED) is 0.615. The fourth-order valence-electron chi connectivity index (χ4n) is 2.13. The first-order valence-corrected chi connectivity index (χ1v) is 7.13. The smallest absolute Gasteiger partial charge is 0.232 e. The van der Waals surface area contributed by atoms with E-state index in [-0.39, 0.29) is 11.5 Å². The number of rotatable bonds is 4. The standard InChI is InChI=1S/C18H13ClO3/c1-2-9-21-14-6-3-12(4-7-14)10-17-18(20)15-11-13(19)5-8-16(15)22-17/h2-8,10-11H,1,9H2/b17-10-. The van der Waals surface area contributed by atoms with Crippen molar-refractivity contribution >= 4 is 23.5 Å². The number of halogens is 1. The number of hydrogen-bond donors (Lipinski definition) is 0. The maximum atomic E-state index is 12.3. The Kier molecular flexibility index (Phi) is 3.98. The first-order valence-electron chi connectivity index (χ1n) is 6.75. The molecule has 0 spiro atoms. The largest absolute Gasteiger partial charge is 0.490 e. The molecule has 1 aliphatic heterocycles. The highest BCUT2D eigenvalue weighted by Gasteiger charge is 2.27. The summed E-state index contributed by atoms with van der Waals surface area (Å²) in [5, 5.41) is 0.515. The lowest BCUT2D eigenvalue weighted by Gasteiger charge is -2.03. The Bertz CT molecular complexity index is 760. The number of carbonyl (C=O) groups is 1. The molecule has 0 saturated heterocycles. The minimum atomic E-state index is -0.163. The third-order valence-electron chi connectivity index (χ3n) is 3.18. The first kappa shape index (κ1) is 14.4. The number of allylic oxidation sites excluding steroid dienone is 1. The summed E-state index contributed by atoms with van der Waals surface area (Å²) in [5.74, 6) is 1.41. The number of hydrogen-bond acceptors (Lipinski definition) is 3. The zero-order chi connectivity index (χ0) is 15.5. The van der Waals surface area contributed by atoms with E-state index >= 15 is 0 Å². The van der Waals surface area contributed by atoms with E-state index in [9.17, 15) is 4.79 Å². The van der Waals surface area contributed by atoms with Gasteiger partial charge < -0.3 is 9.47 Å². The van der Waals surface area contributed by atoms with E-state index in [2.05, 4.69) is 6.58 Å². The van der Waals surface area contributed by atoms with Gasteiger partial charge in [0.2, 0.25) is 5.78 Å². The lowest BCUT2D eigenvalue weighted by Crippen LogP contribution is -1.98. The average molecular weight is 313 g/mol. The van der Waals surface area contributed by atoms with Crippen LogP contribution in [0.1, 0.15) is 15.9 Å². The lowest BCUT2D eigenvalue weighted by atomic mass is 10.1. The number of ketones is 1. The van der Waals surface area contributed by atoms with E-state index in [0.717, 1.165) is 11.3 Å². The Labute approximate surface area is 133 Å². The highest BCUT2D eigenvalue weighted by atomic mass is 35.5. The molecule has 2 aromatic carbocycles. The van der Waals surface area contributed by atoms with Crippen molar-refractivity contribution in [3.05, 3.63) is 77.0 Å². The second kappa shape index (κ2) is 6.08. The Balaban J connectivity index is 1.82. The minimum Gasteiger partial charge on any atom is -0.490 e. The van der Waals surface area contributed by atoms with Crippen LogP contribution in [0.5, 0.6) is 11.5 Å². The van der Waals surface area contributed by atoms with Crippen LogP contribution in [0, 0.1) is 0 Å². The van der Waals surface area contributed by atoms with Gasteiger partial charge in [0.25, 0.3) is 0 Å². The van der Waals surface area contributed by atoms with Crippen molar-refractivity contribution in [1.82, 2.24) is 0 Å². The lowest BCUT2D eigenvalue weighted by molar-refractivity contribution is 0.101. The Morgan fingerprint density at radius 2 is 1.95 bits per heavy atom. The van der Waals surface area contributed by atoms with Gasteiger partial charge in [-0.3, -0.25) is 4.79 Å². The molecule has 0 radical (unpaired) electrons. The minimum absolute atomic E-state index is 0.163. The predicted octanol–water partition coefficient (Wildman–Crippen LogP) is 4.52. The van der Waals surface area contributed by atoms with Crippen molar-refractivity contribution < 1.29 is 14.3 Å². The van der Waals surface area contributed by atoms with Crippen LogP contribution in [0.3, 0.4) is 0 Å². The maximum absolute atomic E-state index is 12.3. The van der Waals surface area contributed by atoms with E-state index in [1.165, 1.54) is 0 Å². The van der Waals surface area contributed by atoms with E-state index < -0.39 is 0 Å². The Hall–Kier alpha value is -2.52. The van der Waals surface area contributed by atoms with Gasteiger partial charge >= 0.3 is 0 Å². The zero-order valence-corrected chi connectivity index (χ0v) is 12.5. The number of carbonyl (C=O) groups excluding carboxylic acids is 1. The molecular formula is C18H13ClO3. The van der Waals surface area contributed by atoms with Crippen LogP contribution in [-0.2, 0) is 0 Å². The fraction of sp³-hybridized carbons (Fsp3) is 0.0556. The summed E-state index contributed by atoms with van der Waals surface area (Å²) in [7, 11) is 0. The maximum Gasteiger partial charge on any atom is 0.232 e. The van der Waals surface area contributed by atoms with Crippen molar-refractivity contribution in [2.45, 2.75) is 0 Å². The van der Waals surface area contributed by atoms with Crippen LogP contribution >= 0.6 is 11.6 Å². The molecule has 0 amide bonds. The molecule has 0 unspecified atom stereocenters. The number of ether oxygens (including phenoxy) is 2. The molecule has 3 nitrogen and oxygen atoms in total. The van der Waals surface area contributed by atoms with Crippen LogP contribution in [-0.4, -0.2) is 12.4 Å². The van der Waals surface area contributed by atoms with Gasteiger partial charge in [-0.15, -0.1) is 0 Å². The third kappa shape index (κ3) is 2.90. The average Bonchev–Trinajstić information content (AvgIpc) is 2.83. The van der Waals surface area contributed by atoms with Gasteiger partial charge in [-0.2, -0.15) is 0 Å². The van der Waals surface area contributed by atoms with Crippen LogP contribution < -0.4 is 9.47 Å². The number of Topliss-reactive ketones (excluding diaryl/α,β-unsaturated/α-hetero) is 1. The van der Waals surface area contributed by atoms with Crippen molar-refractivity contribution in [2.24, 2.45) is 0 Å². The fourth-order valence-corrected chi connectivity index (χ4v) is 2.30. The van der Waals surface area contributed by atoms with Gasteiger partial charge in [0.15, 0.2) is 5.76 Å². The van der Waals surface area contributed by atoms with Gasteiger partial charge in [-0.1, -0.05) is 36.4 Å². The van der Waals surface area contributed by atoms with Gasteiger partial charge in [0, 0.05) is 5.02 Å². The van der Waals surface area contributed by atoms with Crippen molar-refractivity contribution in [3.8, 4) is 11.5 Å². The zero-order valence-electron chi connectivity index (χ0n) is 11.7. The molecule has 22 heavy (non-hydrogen) atoms.